The number of nitrogens with one attached hydrogen (secondary N) is 1. The Balaban J connectivity index is 1.68. The molecule has 0 aromatic heterocycles. The number of hydrogen-bond acceptors (Lipinski definition) is 3. The van der Waals surface area contributed by atoms with Gasteiger partial charge in [0.2, 0.25) is 5.91 Å². The Labute approximate surface area is 157 Å². The van der Waals surface area contributed by atoms with Gasteiger partial charge in [-0.3, -0.25) is 4.79 Å². The first-order valence-corrected chi connectivity index (χ1v) is 8.66. The first-order valence-electron chi connectivity index (χ1n) is 7.91. The van der Waals surface area contributed by atoms with Crippen LogP contribution in [0.15, 0.2) is 42.5 Å². The van der Waals surface area contributed by atoms with Gasteiger partial charge < -0.3 is 10.1 Å². The van der Waals surface area contributed by atoms with E-state index in [-0.39, 0.29) is 29.6 Å². The van der Waals surface area contributed by atoms with E-state index in [9.17, 15) is 9.59 Å². The van der Waals surface area contributed by atoms with Crippen molar-refractivity contribution < 1.29 is 14.3 Å². The number of rotatable bonds is 7. The monoisotopic (exact) mass is 379 g/mol. The fraction of sp³-hybridized carbons (Fsp3) is 0.263. The minimum absolute atomic E-state index is 0.0674. The van der Waals surface area contributed by atoms with Gasteiger partial charge >= 0.3 is 5.97 Å². The van der Waals surface area contributed by atoms with Crippen LogP contribution in [0, 0.1) is 6.92 Å². The zero-order valence-electron chi connectivity index (χ0n) is 13.9. The van der Waals surface area contributed by atoms with E-state index in [0.717, 1.165) is 5.56 Å². The van der Waals surface area contributed by atoms with Gasteiger partial charge in [-0.25, -0.2) is 4.79 Å². The van der Waals surface area contributed by atoms with Crippen LogP contribution in [0.25, 0.3) is 0 Å². The van der Waals surface area contributed by atoms with Crippen LogP contribution >= 0.6 is 23.2 Å². The van der Waals surface area contributed by atoms with Crippen LogP contribution in [-0.4, -0.2) is 25.0 Å². The maximum absolute atomic E-state index is 11.9. The predicted octanol–water partition coefficient (Wildman–Crippen LogP) is 4.21. The van der Waals surface area contributed by atoms with Gasteiger partial charge in [-0.05, 0) is 31.0 Å². The maximum atomic E-state index is 11.9. The molecule has 0 aliphatic heterocycles. The second-order valence-electron chi connectivity index (χ2n) is 5.57. The SMILES string of the molecule is Cc1ccc(CCC(=O)NCCOC(=O)c2cccc(Cl)c2Cl)cc1. The lowest BCUT2D eigenvalue weighted by molar-refractivity contribution is -0.121. The summed E-state index contributed by atoms with van der Waals surface area (Å²) in [6.45, 7) is 2.34. The zero-order chi connectivity index (χ0) is 18.2. The molecule has 0 bridgehead atoms. The third kappa shape index (κ3) is 6.07. The van der Waals surface area contributed by atoms with E-state index in [4.69, 9.17) is 27.9 Å². The normalized spacial score (nSPS) is 10.4. The molecule has 4 nitrogen and oxygen atoms in total. The van der Waals surface area contributed by atoms with Gasteiger partial charge in [0, 0.05) is 6.42 Å². The van der Waals surface area contributed by atoms with Crippen LogP contribution in [0.5, 0.6) is 0 Å². The third-order valence-electron chi connectivity index (χ3n) is 3.59. The number of aryl methyl sites for hydroxylation is 2. The Kier molecular flexibility index (Phi) is 7.29. The number of hydrogen-bond donors (Lipinski definition) is 1. The van der Waals surface area contributed by atoms with Crippen molar-refractivity contribution >= 4 is 35.1 Å². The number of carbonyl (C=O) groups excluding carboxylic acids is 2. The highest BCUT2D eigenvalue weighted by atomic mass is 35.5. The molecular formula is C19H19Cl2NO3. The van der Waals surface area contributed by atoms with Gasteiger partial charge in [0.25, 0.3) is 0 Å². The summed E-state index contributed by atoms with van der Waals surface area (Å²) < 4.78 is 5.09. The summed E-state index contributed by atoms with van der Waals surface area (Å²) in [6.07, 6.45) is 1.06. The molecule has 1 N–H and O–H groups in total. The lowest BCUT2D eigenvalue weighted by Gasteiger charge is -2.08. The summed E-state index contributed by atoms with van der Waals surface area (Å²) >= 11 is 11.8. The highest BCUT2D eigenvalue weighted by Crippen LogP contribution is 2.25. The van der Waals surface area contributed by atoms with Gasteiger partial charge in [-0.15, -0.1) is 0 Å². The highest BCUT2D eigenvalue weighted by molar-refractivity contribution is 6.43. The molecule has 132 valence electrons. The molecule has 0 aliphatic carbocycles. The maximum Gasteiger partial charge on any atom is 0.339 e. The van der Waals surface area contributed by atoms with E-state index in [1.165, 1.54) is 11.6 Å². The van der Waals surface area contributed by atoms with Crippen molar-refractivity contribution in [3.63, 3.8) is 0 Å². The minimum atomic E-state index is -0.568. The Morgan fingerprint density at radius 1 is 1.08 bits per heavy atom. The fourth-order valence-corrected chi connectivity index (χ4v) is 2.55. The van der Waals surface area contributed by atoms with Crippen molar-refractivity contribution in [2.75, 3.05) is 13.2 Å². The molecule has 0 atom stereocenters. The van der Waals surface area contributed by atoms with Gasteiger partial charge in [0.15, 0.2) is 0 Å². The molecule has 2 rings (SSSR count). The van der Waals surface area contributed by atoms with Crippen molar-refractivity contribution in [1.29, 1.82) is 0 Å². The molecule has 0 fully saturated rings. The Morgan fingerprint density at radius 2 is 1.80 bits per heavy atom. The van der Waals surface area contributed by atoms with Crippen LogP contribution < -0.4 is 5.32 Å². The predicted molar refractivity (Wildman–Crippen MR) is 99.3 cm³/mol. The molecule has 0 saturated heterocycles. The second kappa shape index (κ2) is 9.44. The largest absolute Gasteiger partial charge is 0.460 e. The van der Waals surface area contributed by atoms with Crippen molar-refractivity contribution in [1.82, 2.24) is 5.32 Å². The Hall–Kier alpha value is -2.04. The molecular weight excluding hydrogens is 361 g/mol. The summed E-state index contributed by atoms with van der Waals surface area (Å²) in [5, 5.41) is 3.18. The third-order valence-corrected chi connectivity index (χ3v) is 4.41. The van der Waals surface area contributed by atoms with Gasteiger partial charge in [-0.2, -0.15) is 0 Å². The van der Waals surface area contributed by atoms with Crippen LogP contribution in [0.2, 0.25) is 10.0 Å². The lowest BCUT2D eigenvalue weighted by Crippen LogP contribution is -2.28. The van der Waals surface area contributed by atoms with Gasteiger partial charge in [-0.1, -0.05) is 59.1 Å². The van der Waals surface area contributed by atoms with Crippen LogP contribution in [0.4, 0.5) is 0 Å². The van der Waals surface area contributed by atoms with Crippen LogP contribution in [0.1, 0.15) is 27.9 Å². The van der Waals surface area contributed by atoms with Crippen LogP contribution in [-0.2, 0) is 16.0 Å². The van der Waals surface area contributed by atoms with Crippen molar-refractivity contribution in [3.05, 3.63) is 69.2 Å². The molecule has 6 heteroatoms. The fourth-order valence-electron chi connectivity index (χ4n) is 2.17. The molecule has 0 saturated carbocycles. The smallest absolute Gasteiger partial charge is 0.339 e. The zero-order valence-corrected chi connectivity index (χ0v) is 15.4. The highest BCUT2D eigenvalue weighted by Gasteiger charge is 2.13. The van der Waals surface area contributed by atoms with Crippen molar-refractivity contribution in [2.45, 2.75) is 19.8 Å². The lowest BCUT2D eigenvalue weighted by atomic mass is 10.1. The first kappa shape index (κ1) is 19.3. The van der Waals surface area contributed by atoms with E-state index in [1.54, 1.807) is 12.1 Å². The Morgan fingerprint density at radius 3 is 2.52 bits per heavy atom. The van der Waals surface area contributed by atoms with Crippen LogP contribution in [0.3, 0.4) is 0 Å². The number of ether oxygens (including phenoxy) is 1. The number of esters is 1. The molecule has 2 aromatic carbocycles. The molecule has 25 heavy (non-hydrogen) atoms. The summed E-state index contributed by atoms with van der Waals surface area (Å²) in [6, 6.07) is 12.8. The summed E-state index contributed by atoms with van der Waals surface area (Å²) in [5.74, 6) is -0.654. The first-order chi connectivity index (χ1) is 12.0. The molecule has 0 radical (unpaired) electrons. The summed E-state index contributed by atoms with van der Waals surface area (Å²) in [7, 11) is 0. The van der Waals surface area contributed by atoms with E-state index < -0.39 is 5.97 Å². The topological polar surface area (TPSA) is 55.4 Å². The van der Waals surface area contributed by atoms with Gasteiger partial charge in [0.05, 0.1) is 22.2 Å². The van der Waals surface area contributed by atoms with E-state index in [0.29, 0.717) is 17.9 Å². The average molecular weight is 380 g/mol. The molecule has 1 amide bonds. The van der Waals surface area contributed by atoms with E-state index in [2.05, 4.69) is 5.32 Å². The number of amides is 1. The number of benzene rings is 2. The summed E-state index contributed by atoms with van der Waals surface area (Å²) in [5.41, 5.74) is 2.51. The van der Waals surface area contributed by atoms with Crippen molar-refractivity contribution in [2.24, 2.45) is 0 Å². The second-order valence-corrected chi connectivity index (χ2v) is 6.36. The number of carbonyl (C=O) groups is 2. The average Bonchev–Trinajstić information content (AvgIpc) is 2.60. The van der Waals surface area contributed by atoms with E-state index >= 15 is 0 Å². The molecule has 0 unspecified atom stereocenters. The minimum Gasteiger partial charge on any atom is -0.460 e. The molecule has 2 aromatic rings. The van der Waals surface area contributed by atoms with Crippen molar-refractivity contribution in [3.8, 4) is 0 Å². The number of halogens is 2. The van der Waals surface area contributed by atoms with Gasteiger partial charge in [0.1, 0.15) is 6.61 Å². The summed E-state index contributed by atoms with van der Waals surface area (Å²) in [4.78, 5) is 23.7. The standard InChI is InChI=1S/C19H19Cl2NO3/c1-13-5-7-14(8-6-13)9-10-17(23)22-11-12-25-19(24)15-3-2-4-16(20)18(15)21/h2-8H,9-12H2,1H3,(H,22,23). The van der Waals surface area contributed by atoms with E-state index in [1.807, 2.05) is 31.2 Å². The quantitative estimate of drug-likeness (QED) is 0.578. The Bertz CT molecular complexity index is 745. The molecule has 0 aliphatic rings. The molecule has 0 spiro atoms. The molecule has 0 heterocycles.